The van der Waals surface area contributed by atoms with E-state index in [1.165, 1.54) is 0 Å². The highest BCUT2D eigenvalue weighted by molar-refractivity contribution is 5.76. The molecule has 1 N–H and O–H groups in total. The molecule has 0 saturated carbocycles. The van der Waals surface area contributed by atoms with E-state index >= 15 is 0 Å². The Morgan fingerprint density at radius 3 is 3.27 bits per heavy atom. The van der Waals surface area contributed by atoms with Crippen LogP contribution in [0.15, 0.2) is 0 Å². The lowest BCUT2D eigenvalue weighted by Gasteiger charge is -2.12. The number of ether oxygens (including phenoxy) is 1. The van der Waals surface area contributed by atoms with Crippen molar-refractivity contribution in [3.63, 3.8) is 0 Å². The first kappa shape index (κ1) is 8.53. The molecule has 0 aromatic carbocycles. The van der Waals surface area contributed by atoms with E-state index in [4.69, 9.17) is 4.74 Å². The van der Waals surface area contributed by atoms with Crippen LogP contribution in [0.5, 0.6) is 0 Å². The molecule has 64 valence electrons. The minimum absolute atomic E-state index is 0.114. The van der Waals surface area contributed by atoms with Crippen LogP contribution in [0.1, 0.15) is 26.2 Å². The van der Waals surface area contributed by atoms with Gasteiger partial charge in [0.1, 0.15) is 0 Å². The summed E-state index contributed by atoms with van der Waals surface area (Å²) in [6, 6.07) is 0. The molecule has 1 atom stereocenters. The van der Waals surface area contributed by atoms with Crippen molar-refractivity contribution in [2.75, 3.05) is 13.2 Å². The summed E-state index contributed by atoms with van der Waals surface area (Å²) in [5.41, 5.74) is 0. The molecule has 1 amide bonds. The first-order valence-electron chi connectivity index (χ1n) is 4.21. The third kappa shape index (κ3) is 2.89. The molecule has 1 aliphatic rings. The second-order valence-electron chi connectivity index (χ2n) is 2.84. The number of hydrogen-bond donors (Lipinski definition) is 1. The summed E-state index contributed by atoms with van der Waals surface area (Å²) in [7, 11) is 0. The normalized spacial score (nSPS) is 25.9. The van der Waals surface area contributed by atoms with Crippen molar-refractivity contribution in [3.8, 4) is 0 Å². The lowest BCUT2D eigenvalue weighted by Crippen LogP contribution is -2.29. The molecule has 3 nitrogen and oxygen atoms in total. The molecule has 0 aromatic rings. The first-order valence-corrected chi connectivity index (χ1v) is 4.21. The van der Waals surface area contributed by atoms with Gasteiger partial charge < -0.3 is 10.1 Å². The molecule has 0 aromatic heterocycles. The van der Waals surface area contributed by atoms with Crippen molar-refractivity contribution in [1.82, 2.24) is 5.32 Å². The molecule has 1 aliphatic heterocycles. The summed E-state index contributed by atoms with van der Waals surface area (Å²) < 4.78 is 5.43. The molecular formula is C8H15NO2. The van der Waals surface area contributed by atoms with E-state index in [0.717, 1.165) is 12.8 Å². The summed E-state index contributed by atoms with van der Waals surface area (Å²) in [5, 5.41) is 2.82. The van der Waals surface area contributed by atoms with E-state index in [1.807, 2.05) is 0 Å². The van der Waals surface area contributed by atoms with Crippen molar-refractivity contribution >= 4 is 5.91 Å². The van der Waals surface area contributed by atoms with Gasteiger partial charge >= 0.3 is 0 Å². The lowest BCUT2D eigenvalue weighted by atomic mass is 10.2. The van der Waals surface area contributed by atoms with Crippen LogP contribution < -0.4 is 5.32 Å². The Balaban J connectivity index is 2.28. The van der Waals surface area contributed by atoms with Gasteiger partial charge in [0.2, 0.25) is 5.91 Å². The quantitative estimate of drug-likeness (QED) is 0.640. The molecule has 0 radical (unpaired) electrons. The first-order chi connectivity index (χ1) is 5.33. The van der Waals surface area contributed by atoms with E-state index in [2.05, 4.69) is 12.2 Å². The third-order valence-corrected chi connectivity index (χ3v) is 1.82. The van der Waals surface area contributed by atoms with Crippen molar-refractivity contribution in [1.29, 1.82) is 0 Å². The monoisotopic (exact) mass is 157 g/mol. The van der Waals surface area contributed by atoms with Gasteiger partial charge in [0.15, 0.2) is 0 Å². The van der Waals surface area contributed by atoms with Gasteiger partial charge in [-0.3, -0.25) is 4.79 Å². The van der Waals surface area contributed by atoms with Gasteiger partial charge in [-0.25, -0.2) is 0 Å². The molecule has 0 spiro atoms. The molecule has 0 bridgehead atoms. The SMILES string of the molecule is CCCC1CNC(=O)CCO1. The molecule has 1 heterocycles. The number of carbonyl (C=O) groups is 1. The molecule has 1 fully saturated rings. The second kappa shape index (κ2) is 4.34. The minimum atomic E-state index is 0.114. The van der Waals surface area contributed by atoms with Crippen LogP contribution in [-0.2, 0) is 9.53 Å². The number of hydrogen-bond acceptors (Lipinski definition) is 2. The zero-order chi connectivity index (χ0) is 8.10. The number of nitrogens with one attached hydrogen (secondary N) is 1. The van der Waals surface area contributed by atoms with Crippen molar-refractivity contribution in [2.24, 2.45) is 0 Å². The fourth-order valence-electron chi connectivity index (χ4n) is 1.20. The highest BCUT2D eigenvalue weighted by atomic mass is 16.5. The van der Waals surface area contributed by atoms with Crippen LogP contribution in [-0.4, -0.2) is 25.2 Å². The fourth-order valence-corrected chi connectivity index (χ4v) is 1.20. The Morgan fingerprint density at radius 1 is 1.73 bits per heavy atom. The van der Waals surface area contributed by atoms with Gasteiger partial charge in [0.05, 0.1) is 12.7 Å². The molecular weight excluding hydrogens is 142 g/mol. The molecule has 1 rings (SSSR count). The van der Waals surface area contributed by atoms with E-state index in [-0.39, 0.29) is 12.0 Å². The minimum Gasteiger partial charge on any atom is -0.376 e. The van der Waals surface area contributed by atoms with Gasteiger partial charge in [0, 0.05) is 13.0 Å². The van der Waals surface area contributed by atoms with Crippen molar-refractivity contribution in [2.45, 2.75) is 32.3 Å². The average molecular weight is 157 g/mol. The Hall–Kier alpha value is -0.570. The summed E-state index contributed by atoms with van der Waals surface area (Å²) in [4.78, 5) is 10.8. The number of rotatable bonds is 2. The van der Waals surface area contributed by atoms with Gasteiger partial charge in [-0.15, -0.1) is 0 Å². The largest absolute Gasteiger partial charge is 0.376 e. The third-order valence-electron chi connectivity index (χ3n) is 1.82. The Labute approximate surface area is 67.1 Å². The molecule has 1 saturated heterocycles. The van der Waals surface area contributed by atoms with E-state index < -0.39 is 0 Å². The number of amides is 1. The van der Waals surface area contributed by atoms with Crippen LogP contribution in [0, 0.1) is 0 Å². The summed E-state index contributed by atoms with van der Waals surface area (Å²) >= 11 is 0. The predicted molar refractivity (Wildman–Crippen MR) is 42.3 cm³/mol. The predicted octanol–water partition coefficient (Wildman–Crippen LogP) is 0.692. The molecule has 11 heavy (non-hydrogen) atoms. The summed E-state index contributed by atoms with van der Waals surface area (Å²) in [5.74, 6) is 0.114. The molecule has 1 unspecified atom stereocenters. The topological polar surface area (TPSA) is 38.3 Å². The van der Waals surface area contributed by atoms with E-state index in [0.29, 0.717) is 19.6 Å². The van der Waals surface area contributed by atoms with E-state index in [9.17, 15) is 4.79 Å². The second-order valence-corrected chi connectivity index (χ2v) is 2.84. The van der Waals surface area contributed by atoms with Gasteiger partial charge in [-0.2, -0.15) is 0 Å². The molecule has 0 aliphatic carbocycles. The zero-order valence-electron chi connectivity index (χ0n) is 6.93. The smallest absolute Gasteiger partial charge is 0.222 e. The zero-order valence-corrected chi connectivity index (χ0v) is 6.93. The Kier molecular flexibility index (Phi) is 3.36. The van der Waals surface area contributed by atoms with Crippen LogP contribution >= 0.6 is 0 Å². The highest BCUT2D eigenvalue weighted by Gasteiger charge is 2.14. The molecule has 3 heteroatoms. The summed E-state index contributed by atoms with van der Waals surface area (Å²) in [6.45, 7) is 3.39. The van der Waals surface area contributed by atoms with Gasteiger partial charge in [-0.05, 0) is 6.42 Å². The van der Waals surface area contributed by atoms with Crippen LogP contribution in [0.25, 0.3) is 0 Å². The standard InChI is InChI=1S/C8H15NO2/c1-2-3-7-6-9-8(10)4-5-11-7/h7H,2-6H2,1H3,(H,9,10). The maximum Gasteiger partial charge on any atom is 0.222 e. The summed E-state index contributed by atoms with van der Waals surface area (Å²) in [6.07, 6.45) is 2.91. The van der Waals surface area contributed by atoms with Gasteiger partial charge in [-0.1, -0.05) is 13.3 Å². The Bertz CT molecular complexity index is 136. The van der Waals surface area contributed by atoms with Crippen LogP contribution in [0.2, 0.25) is 0 Å². The average Bonchev–Trinajstić information content (AvgIpc) is 2.17. The fraction of sp³-hybridized carbons (Fsp3) is 0.875. The van der Waals surface area contributed by atoms with Crippen molar-refractivity contribution < 1.29 is 9.53 Å². The van der Waals surface area contributed by atoms with Crippen molar-refractivity contribution in [3.05, 3.63) is 0 Å². The maximum atomic E-state index is 10.8. The maximum absolute atomic E-state index is 10.8. The van der Waals surface area contributed by atoms with E-state index in [1.54, 1.807) is 0 Å². The van der Waals surface area contributed by atoms with Crippen LogP contribution in [0.4, 0.5) is 0 Å². The highest BCUT2D eigenvalue weighted by Crippen LogP contribution is 2.04. The van der Waals surface area contributed by atoms with Gasteiger partial charge in [0.25, 0.3) is 0 Å². The van der Waals surface area contributed by atoms with Crippen LogP contribution in [0.3, 0.4) is 0 Å². The Morgan fingerprint density at radius 2 is 2.55 bits per heavy atom. The lowest BCUT2D eigenvalue weighted by molar-refractivity contribution is -0.120. The number of carbonyl (C=O) groups excluding carboxylic acids is 1.